The molecule has 0 spiro atoms. The molecule has 28 heavy (non-hydrogen) atoms. The van der Waals surface area contributed by atoms with Crippen LogP contribution in [0, 0.1) is 0 Å². The zero-order valence-corrected chi connectivity index (χ0v) is 15.9. The first-order valence-electron chi connectivity index (χ1n) is 8.11. The van der Waals surface area contributed by atoms with Gasteiger partial charge in [-0.05, 0) is 18.2 Å². The molecule has 2 aromatic carbocycles. The average molecular weight is 427 g/mol. The zero-order chi connectivity index (χ0) is 20.1. The molecule has 0 saturated carbocycles. The van der Waals surface area contributed by atoms with E-state index in [0.29, 0.717) is 10.7 Å². The predicted molar refractivity (Wildman–Crippen MR) is 101 cm³/mol. The van der Waals surface area contributed by atoms with Gasteiger partial charge in [0.2, 0.25) is 5.91 Å². The number of para-hydroxylation sites is 1. The molecule has 1 aromatic heterocycles. The number of halogens is 4. The van der Waals surface area contributed by atoms with E-state index in [1.807, 2.05) is 12.1 Å². The van der Waals surface area contributed by atoms with E-state index in [0.717, 1.165) is 10.6 Å². The van der Waals surface area contributed by atoms with Crippen LogP contribution in [0.1, 0.15) is 11.3 Å². The second-order valence-electron chi connectivity index (χ2n) is 5.76. The summed E-state index contributed by atoms with van der Waals surface area (Å²) in [5.74, 6) is -0.697. The van der Waals surface area contributed by atoms with Gasteiger partial charge in [-0.2, -0.15) is 0 Å². The highest BCUT2D eigenvalue weighted by atomic mass is 35.5. The SMILES string of the molecule is O=C(Cc1csc(-c2cccc(Cl)c2)n1)NCc1ccccc1OC(F)(F)F. The maximum atomic E-state index is 12.4. The summed E-state index contributed by atoms with van der Waals surface area (Å²) >= 11 is 7.35. The van der Waals surface area contributed by atoms with Crippen LogP contribution in [-0.4, -0.2) is 17.3 Å². The smallest absolute Gasteiger partial charge is 0.405 e. The average Bonchev–Trinajstić information content (AvgIpc) is 3.08. The van der Waals surface area contributed by atoms with E-state index in [9.17, 15) is 18.0 Å². The summed E-state index contributed by atoms with van der Waals surface area (Å²) in [5, 5.41) is 5.67. The van der Waals surface area contributed by atoms with Crippen molar-refractivity contribution in [1.82, 2.24) is 10.3 Å². The molecule has 146 valence electrons. The van der Waals surface area contributed by atoms with Gasteiger partial charge in [0.15, 0.2) is 0 Å². The number of alkyl halides is 3. The molecule has 0 unspecified atom stereocenters. The highest BCUT2D eigenvalue weighted by molar-refractivity contribution is 7.13. The maximum Gasteiger partial charge on any atom is 0.573 e. The largest absolute Gasteiger partial charge is 0.573 e. The summed E-state index contributed by atoms with van der Waals surface area (Å²) in [6.45, 7) is -0.0869. The number of ether oxygens (including phenoxy) is 1. The number of amides is 1. The number of hydrogen-bond acceptors (Lipinski definition) is 4. The van der Waals surface area contributed by atoms with Crippen LogP contribution in [0.15, 0.2) is 53.9 Å². The third kappa shape index (κ3) is 5.71. The molecule has 0 aliphatic carbocycles. The van der Waals surface area contributed by atoms with Crippen LogP contribution in [0.25, 0.3) is 10.6 Å². The van der Waals surface area contributed by atoms with Crippen molar-refractivity contribution < 1.29 is 22.7 Å². The van der Waals surface area contributed by atoms with Gasteiger partial charge in [0.05, 0.1) is 12.1 Å². The van der Waals surface area contributed by atoms with E-state index in [1.165, 1.54) is 29.5 Å². The lowest BCUT2D eigenvalue weighted by Gasteiger charge is -2.13. The van der Waals surface area contributed by atoms with E-state index >= 15 is 0 Å². The fourth-order valence-electron chi connectivity index (χ4n) is 2.44. The Balaban J connectivity index is 1.60. The lowest BCUT2D eigenvalue weighted by Crippen LogP contribution is -2.25. The molecule has 9 heteroatoms. The number of nitrogens with zero attached hydrogens (tertiary/aromatic N) is 1. The lowest BCUT2D eigenvalue weighted by molar-refractivity contribution is -0.274. The van der Waals surface area contributed by atoms with Crippen molar-refractivity contribution in [3.05, 3.63) is 70.2 Å². The van der Waals surface area contributed by atoms with Crippen LogP contribution in [0.3, 0.4) is 0 Å². The van der Waals surface area contributed by atoms with Crippen LogP contribution >= 0.6 is 22.9 Å². The van der Waals surface area contributed by atoms with Crippen molar-refractivity contribution in [3.63, 3.8) is 0 Å². The van der Waals surface area contributed by atoms with Gasteiger partial charge in [-0.1, -0.05) is 41.9 Å². The number of benzene rings is 2. The Morgan fingerprint density at radius 1 is 1.18 bits per heavy atom. The van der Waals surface area contributed by atoms with Gasteiger partial charge >= 0.3 is 6.36 Å². The summed E-state index contributed by atoms with van der Waals surface area (Å²) < 4.78 is 41.3. The maximum absolute atomic E-state index is 12.4. The highest BCUT2D eigenvalue weighted by Gasteiger charge is 2.32. The Morgan fingerprint density at radius 3 is 2.71 bits per heavy atom. The predicted octanol–water partition coefficient (Wildman–Crippen LogP) is 5.22. The van der Waals surface area contributed by atoms with E-state index in [4.69, 9.17) is 11.6 Å². The van der Waals surface area contributed by atoms with Crippen LogP contribution < -0.4 is 10.1 Å². The van der Waals surface area contributed by atoms with Crippen molar-refractivity contribution in [2.45, 2.75) is 19.3 Å². The monoisotopic (exact) mass is 426 g/mol. The third-order valence-electron chi connectivity index (χ3n) is 3.64. The number of aromatic nitrogens is 1. The molecule has 4 nitrogen and oxygen atoms in total. The first-order valence-corrected chi connectivity index (χ1v) is 9.36. The van der Waals surface area contributed by atoms with Crippen molar-refractivity contribution in [3.8, 4) is 16.3 Å². The molecule has 0 aliphatic heterocycles. The summed E-state index contributed by atoms with van der Waals surface area (Å²) in [5.41, 5.74) is 1.64. The standard InChI is InChI=1S/C19H14ClF3N2O2S/c20-14-6-3-5-12(8-14)18-25-15(11-28-18)9-17(26)24-10-13-4-1-2-7-16(13)27-19(21,22)23/h1-8,11H,9-10H2,(H,24,26). The van der Waals surface area contributed by atoms with Gasteiger partial charge in [0.1, 0.15) is 10.8 Å². The highest BCUT2D eigenvalue weighted by Crippen LogP contribution is 2.27. The van der Waals surface area contributed by atoms with Gasteiger partial charge in [-0.15, -0.1) is 24.5 Å². The Kier molecular flexibility index (Phi) is 6.21. The lowest BCUT2D eigenvalue weighted by atomic mass is 10.2. The van der Waals surface area contributed by atoms with Crippen LogP contribution in [0.5, 0.6) is 5.75 Å². The second kappa shape index (κ2) is 8.62. The Bertz CT molecular complexity index is 976. The van der Waals surface area contributed by atoms with Crippen molar-refractivity contribution in [2.24, 2.45) is 0 Å². The molecule has 1 heterocycles. The van der Waals surface area contributed by atoms with Crippen molar-refractivity contribution in [1.29, 1.82) is 0 Å². The number of hydrogen-bond donors (Lipinski definition) is 1. The van der Waals surface area contributed by atoms with E-state index in [2.05, 4.69) is 15.0 Å². The van der Waals surface area contributed by atoms with Gasteiger partial charge in [0, 0.05) is 28.1 Å². The second-order valence-corrected chi connectivity index (χ2v) is 7.06. The van der Waals surface area contributed by atoms with Crippen LogP contribution in [0.4, 0.5) is 13.2 Å². The topological polar surface area (TPSA) is 51.2 Å². The fourth-order valence-corrected chi connectivity index (χ4v) is 3.44. The summed E-state index contributed by atoms with van der Waals surface area (Å²) in [4.78, 5) is 16.6. The number of rotatable bonds is 6. The summed E-state index contributed by atoms with van der Waals surface area (Å²) in [6.07, 6.45) is -4.78. The summed E-state index contributed by atoms with van der Waals surface area (Å²) in [7, 11) is 0. The van der Waals surface area contributed by atoms with Crippen LogP contribution in [0.2, 0.25) is 5.02 Å². The van der Waals surface area contributed by atoms with Crippen LogP contribution in [-0.2, 0) is 17.8 Å². The quantitative estimate of drug-likeness (QED) is 0.588. The minimum Gasteiger partial charge on any atom is -0.405 e. The molecule has 3 rings (SSSR count). The summed E-state index contributed by atoms with van der Waals surface area (Å²) in [6, 6.07) is 12.9. The molecule has 0 atom stereocenters. The molecule has 0 saturated heterocycles. The van der Waals surface area contributed by atoms with Gasteiger partial charge < -0.3 is 10.1 Å². The zero-order valence-electron chi connectivity index (χ0n) is 14.3. The third-order valence-corrected chi connectivity index (χ3v) is 4.81. The minimum absolute atomic E-state index is 0.0133. The molecule has 1 amide bonds. The van der Waals surface area contributed by atoms with Gasteiger partial charge in [-0.3, -0.25) is 4.79 Å². The minimum atomic E-state index is -4.79. The normalized spacial score (nSPS) is 11.3. The molecule has 0 bridgehead atoms. The van der Waals surface area contributed by atoms with Gasteiger partial charge in [-0.25, -0.2) is 4.98 Å². The van der Waals surface area contributed by atoms with Gasteiger partial charge in [0.25, 0.3) is 0 Å². The fraction of sp³-hybridized carbons (Fsp3) is 0.158. The Hall–Kier alpha value is -2.58. The molecular weight excluding hydrogens is 413 g/mol. The van der Waals surface area contributed by atoms with Crippen molar-refractivity contribution in [2.75, 3.05) is 0 Å². The molecule has 0 radical (unpaired) electrons. The number of carbonyl (C=O) groups excluding carboxylic acids is 1. The van der Waals surface area contributed by atoms with Crippen molar-refractivity contribution >= 4 is 28.8 Å². The molecule has 0 fully saturated rings. The first-order chi connectivity index (χ1) is 13.3. The Morgan fingerprint density at radius 2 is 1.96 bits per heavy atom. The van der Waals surface area contributed by atoms with E-state index in [1.54, 1.807) is 23.6 Å². The number of thiazole rings is 1. The van der Waals surface area contributed by atoms with E-state index < -0.39 is 6.36 Å². The first kappa shape index (κ1) is 20.2. The molecule has 1 N–H and O–H groups in total. The molecular formula is C19H14ClF3N2O2S. The Labute approximate surface area is 167 Å². The number of nitrogens with one attached hydrogen (secondary N) is 1. The molecule has 3 aromatic rings. The van der Waals surface area contributed by atoms with E-state index in [-0.39, 0.29) is 30.2 Å². The molecule has 0 aliphatic rings. The number of carbonyl (C=O) groups is 1.